The van der Waals surface area contributed by atoms with Crippen LogP contribution in [-0.2, 0) is 0 Å². The van der Waals surface area contributed by atoms with Crippen LogP contribution in [0.25, 0.3) is 0 Å². The van der Waals surface area contributed by atoms with Crippen LogP contribution in [0.5, 0.6) is 0 Å². The third-order valence-electron chi connectivity index (χ3n) is 2.45. The molecule has 1 aliphatic rings. The van der Waals surface area contributed by atoms with Crippen molar-refractivity contribution in [2.75, 3.05) is 4.43 Å². The zero-order valence-corrected chi connectivity index (χ0v) is 10.2. The van der Waals surface area contributed by atoms with Crippen LogP contribution in [-0.4, -0.2) is 31.4 Å². The van der Waals surface area contributed by atoms with E-state index in [0.29, 0.717) is 17.3 Å². The Kier molecular flexibility index (Phi) is 4.04. The molecule has 0 spiro atoms. The molecule has 1 nitrogen and oxygen atoms in total. The van der Waals surface area contributed by atoms with Gasteiger partial charge in [-0.05, 0) is 0 Å². The molecular weight excluding hydrogens is 353 g/mol. The van der Waals surface area contributed by atoms with Gasteiger partial charge in [-0.1, -0.05) is 0 Å². The Hall–Kier alpha value is 0.270. The third kappa shape index (κ3) is 2.41. The van der Waals surface area contributed by atoms with Gasteiger partial charge in [-0.15, -0.1) is 0 Å². The van der Waals surface area contributed by atoms with E-state index in [1.807, 2.05) is 0 Å². The Morgan fingerprint density at radius 3 is 1.75 bits per heavy atom. The summed E-state index contributed by atoms with van der Waals surface area (Å²) in [7, 11) is 0. The van der Waals surface area contributed by atoms with E-state index in [4.69, 9.17) is 5.11 Å². The Balaban J connectivity index is 3.04. The number of rotatable bonds is 1. The normalized spacial score (nSPS) is 25.1. The zero-order valence-electron chi connectivity index (χ0n) is 8.00. The maximum absolute atomic E-state index is 12.4. The van der Waals surface area contributed by atoms with Gasteiger partial charge >= 0.3 is 98.2 Å². The number of alkyl halides is 8. The summed E-state index contributed by atoms with van der Waals surface area (Å²) < 4.78 is 73.3. The van der Waals surface area contributed by atoms with Gasteiger partial charge in [0, 0.05) is 0 Å². The second-order valence-electron chi connectivity index (χ2n) is 3.57. The van der Waals surface area contributed by atoms with Crippen molar-refractivity contribution in [2.24, 2.45) is 0 Å². The van der Waals surface area contributed by atoms with Crippen LogP contribution < -0.4 is 21.2 Å². The predicted molar refractivity (Wildman–Crippen MR) is 39.6 cm³/mol. The van der Waals surface area contributed by atoms with Gasteiger partial charge in [-0.25, -0.2) is 0 Å². The average molecular weight is 363 g/mol. The van der Waals surface area contributed by atoms with Crippen molar-refractivity contribution >= 4 is 0 Å². The van der Waals surface area contributed by atoms with Gasteiger partial charge in [0.25, 0.3) is 0 Å². The summed E-state index contributed by atoms with van der Waals surface area (Å²) in [4.78, 5) is 0. The summed E-state index contributed by atoms with van der Waals surface area (Å²) in [6.45, 7) is 0. The van der Waals surface area contributed by atoms with Gasteiger partial charge in [-0.3, -0.25) is 0 Å². The molecule has 0 aromatic rings. The van der Waals surface area contributed by atoms with Gasteiger partial charge in [0.15, 0.2) is 0 Å². The second-order valence-corrected chi connectivity index (χ2v) is 7.03. The Bertz CT molecular complexity index is 228. The van der Waals surface area contributed by atoms with Crippen molar-refractivity contribution in [3.05, 3.63) is 0 Å². The quantitative estimate of drug-likeness (QED) is 0.378. The molecule has 1 heterocycles. The SMILES string of the molecule is OC(C1CCCC[I-]1)(C(F)(F)F)C(F)(F)F. The van der Waals surface area contributed by atoms with Crippen LogP contribution in [0.1, 0.15) is 19.3 Å². The third-order valence-corrected chi connectivity index (χ3v) is 6.43. The maximum atomic E-state index is 12.4. The minimum absolute atomic E-state index is 0.192. The first-order valence-electron chi connectivity index (χ1n) is 4.54. The monoisotopic (exact) mass is 363 g/mol. The first-order valence-corrected chi connectivity index (χ1v) is 7.31. The van der Waals surface area contributed by atoms with Gasteiger partial charge in [0.2, 0.25) is 0 Å². The number of hydrogen-bond acceptors (Lipinski definition) is 1. The summed E-state index contributed by atoms with van der Waals surface area (Å²) in [5.74, 6) is 0. The van der Waals surface area contributed by atoms with Crippen LogP contribution in [0, 0.1) is 0 Å². The van der Waals surface area contributed by atoms with Crippen LogP contribution in [0.3, 0.4) is 0 Å². The first-order chi connectivity index (χ1) is 7.11. The number of hydrogen-bond donors (Lipinski definition) is 1. The van der Waals surface area contributed by atoms with Crippen LogP contribution >= 0.6 is 0 Å². The molecule has 1 unspecified atom stereocenters. The molecule has 8 heteroatoms. The van der Waals surface area contributed by atoms with Crippen molar-refractivity contribution in [1.82, 2.24) is 0 Å². The summed E-state index contributed by atoms with van der Waals surface area (Å²) in [6.07, 6.45) is -10.5. The van der Waals surface area contributed by atoms with Gasteiger partial charge in [-0.2, -0.15) is 0 Å². The Morgan fingerprint density at radius 1 is 0.938 bits per heavy atom. The van der Waals surface area contributed by atoms with Crippen molar-refractivity contribution in [1.29, 1.82) is 0 Å². The van der Waals surface area contributed by atoms with E-state index in [1.54, 1.807) is 0 Å². The molecule has 0 aliphatic carbocycles. The summed E-state index contributed by atoms with van der Waals surface area (Å²) in [6, 6.07) is 0. The van der Waals surface area contributed by atoms with E-state index in [9.17, 15) is 26.3 Å². The van der Waals surface area contributed by atoms with Crippen LogP contribution in [0.15, 0.2) is 0 Å². The first kappa shape index (κ1) is 14.3. The molecule has 0 bridgehead atoms. The molecule has 0 amide bonds. The standard InChI is InChI=1S/C8H10F6IO/c9-7(10,11)6(16,8(12,13)14)5-3-1-2-4-15-5/h5,16H,1-4H2/q-1. The molecule has 1 atom stereocenters. The van der Waals surface area contributed by atoms with Crippen molar-refractivity contribution in [3.63, 3.8) is 0 Å². The average Bonchev–Trinajstić information content (AvgIpc) is 2.14. The van der Waals surface area contributed by atoms with Gasteiger partial charge < -0.3 is 0 Å². The van der Waals surface area contributed by atoms with E-state index in [-0.39, 0.29) is 6.42 Å². The zero-order chi connectivity index (χ0) is 12.6. The Morgan fingerprint density at radius 2 is 1.44 bits per heavy atom. The molecule has 0 radical (unpaired) electrons. The fourth-order valence-corrected chi connectivity index (χ4v) is 5.50. The predicted octanol–water partition coefficient (Wildman–Crippen LogP) is -0.516. The van der Waals surface area contributed by atoms with E-state index in [1.165, 1.54) is 0 Å². The summed E-state index contributed by atoms with van der Waals surface area (Å²) >= 11 is -1.26. The number of aliphatic hydroxyl groups is 1. The van der Waals surface area contributed by atoms with E-state index in [0.717, 1.165) is 0 Å². The minimum atomic E-state index is -5.65. The number of halogens is 7. The van der Waals surface area contributed by atoms with E-state index >= 15 is 0 Å². The molecule has 16 heavy (non-hydrogen) atoms. The topological polar surface area (TPSA) is 20.2 Å². The molecule has 1 fully saturated rings. The van der Waals surface area contributed by atoms with Crippen molar-refractivity contribution in [3.8, 4) is 0 Å². The molecule has 1 aliphatic heterocycles. The van der Waals surface area contributed by atoms with Gasteiger partial charge in [0.1, 0.15) is 0 Å². The molecular formula is C8H10F6IO-. The summed E-state index contributed by atoms with van der Waals surface area (Å²) in [5, 5.41) is 9.09. The molecule has 98 valence electrons. The van der Waals surface area contributed by atoms with Gasteiger partial charge in [0.05, 0.1) is 0 Å². The molecule has 0 aromatic heterocycles. The van der Waals surface area contributed by atoms with Crippen LogP contribution in [0.4, 0.5) is 26.3 Å². The molecule has 0 aromatic carbocycles. The molecule has 1 saturated heterocycles. The van der Waals surface area contributed by atoms with Crippen LogP contribution in [0.2, 0.25) is 0 Å². The second kappa shape index (κ2) is 4.51. The molecule has 0 saturated carbocycles. The summed E-state index contributed by atoms with van der Waals surface area (Å²) in [5.41, 5.74) is -4.51. The molecule has 1 N–H and O–H groups in total. The van der Waals surface area contributed by atoms with Crippen molar-refractivity contribution < 1.29 is 52.7 Å². The van der Waals surface area contributed by atoms with E-state index in [2.05, 4.69) is 0 Å². The fraction of sp³-hybridized carbons (Fsp3) is 1.00. The van der Waals surface area contributed by atoms with E-state index < -0.39 is 43.1 Å². The molecule has 1 rings (SSSR count). The Labute approximate surface area is 98.5 Å². The fourth-order valence-electron chi connectivity index (χ4n) is 1.54. The van der Waals surface area contributed by atoms with Crippen molar-refractivity contribution in [2.45, 2.75) is 41.1 Å².